The third kappa shape index (κ3) is 5.73. The van der Waals surface area contributed by atoms with E-state index < -0.39 is 0 Å². The van der Waals surface area contributed by atoms with Gasteiger partial charge in [0.2, 0.25) is 0 Å². The molecular formula is C15H24O2. The molecule has 0 bridgehead atoms. The predicted molar refractivity (Wildman–Crippen MR) is 71.2 cm³/mol. The molecule has 1 N–H and O–H groups in total. The number of aliphatic hydroxyl groups is 1. The Morgan fingerprint density at radius 2 is 1.82 bits per heavy atom. The van der Waals surface area contributed by atoms with Crippen molar-refractivity contribution in [3.63, 3.8) is 0 Å². The van der Waals surface area contributed by atoms with Crippen LogP contribution < -0.4 is 4.74 Å². The van der Waals surface area contributed by atoms with E-state index >= 15 is 0 Å². The number of rotatable bonds is 8. The first-order valence-corrected chi connectivity index (χ1v) is 6.62. The summed E-state index contributed by atoms with van der Waals surface area (Å²) in [5, 5.41) is 8.94. The van der Waals surface area contributed by atoms with E-state index in [1.54, 1.807) is 0 Å². The van der Waals surface area contributed by atoms with Crippen molar-refractivity contribution in [2.24, 2.45) is 0 Å². The van der Waals surface area contributed by atoms with Crippen LogP contribution in [0.2, 0.25) is 0 Å². The van der Waals surface area contributed by atoms with Crippen molar-refractivity contribution in [2.75, 3.05) is 0 Å². The van der Waals surface area contributed by atoms with Crippen LogP contribution >= 0.6 is 0 Å². The van der Waals surface area contributed by atoms with E-state index in [9.17, 15) is 0 Å². The molecule has 96 valence electrons. The Kier molecular flexibility index (Phi) is 6.71. The fraction of sp³-hybridized carbons (Fsp3) is 0.600. The zero-order valence-corrected chi connectivity index (χ0v) is 11.0. The van der Waals surface area contributed by atoms with Crippen molar-refractivity contribution >= 4 is 0 Å². The lowest BCUT2D eigenvalue weighted by molar-refractivity contribution is 0.206. The van der Waals surface area contributed by atoms with Gasteiger partial charge in [-0.3, -0.25) is 0 Å². The van der Waals surface area contributed by atoms with Crippen LogP contribution in [0.1, 0.15) is 51.5 Å². The fourth-order valence-electron chi connectivity index (χ4n) is 1.82. The van der Waals surface area contributed by atoms with Gasteiger partial charge in [-0.1, -0.05) is 38.3 Å². The van der Waals surface area contributed by atoms with E-state index in [4.69, 9.17) is 9.84 Å². The van der Waals surface area contributed by atoms with Crippen LogP contribution in [-0.4, -0.2) is 11.2 Å². The second-order valence-electron chi connectivity index (χ2n) is 4.58. The van der Waals surface area contributed by atoms with Gasteiger partial charge in [-0.25, -0.2) is 0 Å². The molecule has 2 heteroatoms. The smallest absolute Gasteiger partial charge is 0.119 e. The van der Waals surface area contributed by atoms with Crippen LogP contribution in [-0.2, 0) is 6.61 Å². The zero-order valence-electron chi connectivity index (χ0n) is 11.0. The molecule has 0 aliphatic heterocycles. The Morgan fingerprint density at radius 3 is 2.41 bits per heavy atom. The van der Waals surface area contributed by atoms with Gasteiger partial charge in [0, 0.05) is 0 Å². The van der Waals surface area contributed by atoms with Crippen LogP contribution in [0, 0.1) is 0 Å². The molecule has 0 amide bonds. The van der Waals surface area contributed by atoms with E-state index in [0.29, 0.717) is 0 Å². The minimum absolute atomic E-state index is 0.0901. The van der Waals surface area contributed by atoms with E-state index in [0.717, 1.165) is 17.7 Å². The van der Waals surface area contributed by atoms with Crippen LogP contribution in [0.15, 0.2) is 24.3 Å². The summed E-state index contributed by atoms with van der Waals surface area (Å²) < 4.78 is 5.81. The molecule has 0 aromatic heterocycles. The molecule has 1 unspecified atom stereocenters. The van der Waals surface area contributed by atoms with E-state index in [-0.39, 0.29) is 12.7 Å². The number of benzene rings is 1. The molecule has 1 aromatic carbocycles. The first-order chi connectivity index (χ1) is 8.26. The van der Waals surface area contributed by atoms with Gasteiger partial charge in [-0.2, -0.15) is 0 Å². The first-order valence-electron chi connectivity index (χ1n) is 6.62. The van der Waals surface area contributed by atoms with Crippen molar-refractivity contribution in [1.29, 1.82) is 0 Å². The molecule has 2 nitrogen and oxygen atoms in total. The second-order valence-corrected chi connectivity index (χ2v) is 4.58. The quantitative estimate of drug-likeness (QED) is 0.693. The Hall–Kier alpha value is -1.02. The van der Waals surface area contributed by atoms with E-state index in [1.165, 1.54) is 25.7 Å². The second kappa shape index (κ2) is 8.13. The zero-order chi connectivity index (χ0) is 12.5. The first kappa shape index (κ1) is 14.0. The third-order valence-corrected chi connectivity index (χ3v) is 2.91. The van der Waals surface area contributed by atoms with E-state index in [1.807, 2.05) is 24.3 Å². The number of hydrogen-bond donors (Lipinski definition) is 1. The Morgan fingerprint density at radius 1 is 1.12 bits per heavy atom. The summed E-state index contributed by atoms with van der Waals surface area (Å²) in [5.74, 6) is 0.894. The van der Waals surface area contributed by atoms with Crippen molar-refractivity contribution in [1.82, 2.24) is 0 Å². The Bertz CT molecular complexity index is 292. The highest BCUT2D eigenvalue weighted by Crippen LogP contribution is 2.16. The summed E-state index contributed by atoms with van der Waals surface area (Å²) in [6.45, 7) is 4.43. The Balaban J connectivity index is 2.26. The van der Waals surface area contributed by atoms with Crippen LogP contribution in [0.5, 0.6) is 5.75 Å². The average Bonchev–Trinajstić information content (AvgIpc) is 2.36. The monoisotopic (exact) mass is 236 g/mol. The highest BCUT2D eigenvalue weighted by Gasteiger charge is 2.03. The van der Waals surface area contributed by atoms with Crippen molar-refractivity contribution in [3.05, 3.63) is 29.8 Å². The minimum Gasteiger partial charge on any atom is -0.491 e. The number of unbranched alkanes of at least 4 members (excludes halogenated alkanes) is 3. The van der Waals surface area contributed by atoms with Crippen molar-refractivity contribution in [2.45, 2.75) is 58.7 Å². The lowest BCUT2D eigenvalue weighted by Gasteiger charge is -2.14. The molecule has 0 radical (unpaired) electrons. The summed E-state index contributed by atoms with van der Waals surface area (Å²) in [5.41, 5.74) is 0.924. The minimum atomic E-state index is 0.0901. The lowest BCUT2D eigenvalue weighted by Crippen LogP contribution is -2.11. The van der Waals surface area contributed by atoms with Gasteiger partial charge < -0.3 is 9.84 Å². The predicted octanol–water partition coefficient (Wildman–Crippen LogP) is 3.92. The standard InChI is InChI=1S/C15H24O2/c1-3-4-5-6-7-13(2)17-15-10-8-14(12-16)9-11-15/h8-11,13,16H,3-7,12H2,1-2H3. The maximum Gasteiger partial charge on any atom is 0.119 e. The highest BCUT2D eigenvalue weighted by atomic mass is 16.5. The van der Waals surface area contributed by atoms with Gasteiger partial charge in [0.25, 0.3) is 0 Å². The van der Waals surface area contributed by atoms with Crippen molar-refractivity contribution < 1.29 is 9.84 Å². The van der Waals surface area contributed by atoms with Crippen LogP contribution in [0.3, 0.4) is 0 Å². The Labute approximate surface area is 105 Å². The third-order valence-electron chi connectivity index (χ3n) is 2.91. The number of hydrogen-bond acceptors (Lipinski definition) is 2. The summed E-state index contributed by atoms with van der Waals surface area (Å²) in [7, 11) is 0. The van der Waals surface area contributed by atoms with Gasteiger partial charge in [-0.15, -0.1) is 0 Å². The van der Waals surface area contributed by atoms with Crippen LogP contribution in [0.25, 0.3) is 0 Å². The van der Waals surface area contributed by atoms with Crippen LogP contribution in [0.4, 0.5) is 0 Å². The summed E-state index contributed by atoms with van der Waals surface area (Å²) >= 11 is 0. The molecule has 0 fully saturated rings. The molecule has 17 heavy (non-hydrogen) atoms. The molecule has 0 heterocycles. The van der Waals surface area contributed by atoms with Gasteiger partial charge in [0.05, 0.1) is 12.7 Å². The maximum absolute atomic E-state index is 8.94. The molecule has 0 saturated carbocycles. The molecule has 0 aliphatic rings. The fourth-order valence-corrected chi connectivity index (χ4v) is 1.82. The summed E-state index contributed by atoms with van der Waals surface area (Å²) in [6.07, 6.45) is 6.52. The van der Waals surface area contributed by atoms with E-state index in [2.05, 4.69) is 13.8 Å². The van der Waals surface area contributed by atoms with Gasteiger partial charge in [0.15, 0.2) is 0 Å². The normalized spacial score (nSPS) is 12.4. The largest absolute Gasteiger partial charge is 0.491 e. The molecule has 0 saturated heterocycles. The van der Waals surface area contributed by atoms with Gasteiger partial charge >= 0.3 is 0 Å². The molecule has 1 aromatic rings. The molecular weight excluding hydrogens is 212 g/mol. The highest BCUT2D eigenvalue weighted by molar-refractivity contribution is 5.26. The van der Waals surface area contributed by atoms with Gasteiger partial charge in [0.1, 0.15) is 5.75 Å². The lowest BCUT2D eigenvalue weighted by atomic mass is 10.1. The van der Waals surface area contributed by atoms with Crippen molar-refractivity contribution in [3.8, 4) is 5.75 Å². The molecule has 0 aliphatic carbocycles. The topological polar surface area (TPSA) is 29.5 Å². The number of ether oxygens (including phenoxy) is 1. The molecule has 1 rings (SSSR count). The summed E-state index contributed by atoms with van der Waals surface area (Å²) in [4.78, 5) is 0. The average molecular weight is 236 g/mol. The SMILES string of the molecule is CCCCCCC(C)Oc1ccc(CO)cc1. The number of aliphatic hydroxyl groups excluding tert-OH is 1. The van der Waals surface area contributed by atoms with Gasteiger partial charge in [-0.05, 0) is 37.5 Å². The molecule has 0 spiro atoms. The maximum atomic E-state index is 8.94. The summed E-state index contributed by atoms with van der Waals surface area (Å²) in [6, 6.07) is 7.65. The molecule has 1 atom stereocenters.